The number of hydrogen-bond donors (Lipinski definition) is 1. The summed E-state index contributed by atoms with van der Waals surface area (Å²) in [5.74, 6) is 1.51. The first-order valence-electron chi connectivity index (χ1n) is 6.42. The van der Waals surface area contributed by atoms with Crippen LogP contribution in [-0.2, 0) is 0 Å². The Morgan fingerprint density at radius 1 is 0.857 bits per heavy atom. The number of nitrogens with two attached hydrogens (primary N) is 1. The number of hydrogen-bond acceptors (Lipinski definition) is 1. The molecule has 2 N–H and O–H groups in total. The van der Waals surface area contributed by atoms with Gasteiger partial charge in [-0.25, -0.2) is 0 Å². The molecular weight excluding hydrogens is 170 g/mol. The summed E-state index contributed by atoms with van der Waals surface area (Å²) in [7, 11) is 0. The molecule has 0 heterocycles. The van der Waals surface area contributed by atoms with Crippen molar-refractivity contribution < 1.29 is 0 Å². The molecule has 0 aliphatic heterocycles. The third-order valence-electron chi connectivity index (χ3n) is 3.36. The average molecular weight is 199 g/mol. The van der Waals surface area contributed by atoms with E-state index in [1.165, 1.54) is 44.9 Å². The Kier molecular flexibility index (Phi) is 9.49. The summed E-state index contributed by atoms with van der Waals surface area (Å²) >= 11 is 0. The number of unbranched alkanes of at least 4 members (excludes halogenated alkanes) is 5. The molecule has 2 atom stereocenters. The fourth-order valence-corrected chi connectivity index (χ4v) is 1.76. The lowest BCUT2D eigenvalue weighted by Gasteiger charge is -2.17. The van der Waals surface area contributed by atoms with Crippen molar-refractivity contribution in [3.05, 3.63) is 0 Å². The van der Waals surface area contributed by atoms with E-state index < -0.39 is 0 Å². The highest BCUT2D eigenvalue weighted by molar-refractivity contribution is 4.62. The van der Waals surface area contributed by atoms with Crippen LogP contribution in [0.4, 0.5) is 0 Å². The van der Waals surface area contributed by atoms with Gasteiger partial charge in [-0.05, 0) is 18.4 Å². The molecule has 0 fully saturated rings. The molecule has 1 nitrogen and oxygen atoms in total. The van der Waals surface area contributed by atoms with Gasteiger partial charge < -0.3 is 5.73 Å². The van der Waals surface area contributed by atoms with E-state index in [0.717, 1.165) is 12.5 Å². The molecular formula is C13H29N. The summed E-state index contributed by atoms with van der Waals surface area (Å²) < 4.78 is 0. The van der Waals surface area contributed by atoms with Crippen LogP contribution in [0.5, 0.6) is 0 Å². The summed E-state index contributed by atoms with van der Waals surface area (Å²) in [5.41, 5.74) is 5.64. The van der Waals surface area contributed by atoms with Gasteiger partial charge in [0.2, 0.25) is 0 Å². The second-order valence-corrected chi connectivity index (χ2v) is 4.75. The van der Waals surface area contributed by atoms with E-state index in [1.54, 1.807) is 0 Å². The molecule has 0 amide bonds. The molecule has 0 aliphatic rings. The van der Waals surface area contributed by atoms with E-state index >= 15 is 0 Å². The van der Waals surface area contributed by atoms with Crippen LogP contribution >= 0.6 is 0 Å². The second kappa shape index (κ2) is 9.51. The van der Waals surface area contributed by atoms with Crippen molar-refractivity contribution in [1.29, 1.82) is 0 Å². The van der Waals surface area contributed by atoms with E-state index in [9.17, 15) is 0 Å². The lowest BCUT2D eigenvalue weighted by Crippen LogP contribution is -2.18. The molecule has 0 saturated carbocycles. The first-order valence-corrected chi connectivity index (χ1v) is 6.42. The molecule has 0 saturated heterocycles. The molecule has 0 bridgehead atoms. The van der Waals surface area contributed by atoms with Crippen molar-refractivity contribution in [2.24, 2.45) is 17.6 Å². The van der Waals surface area contributed by atoms with E-state index in [2.05, 4.69) is 20.8 Å². The minimum Gasteiger partial charge on any atom is -0.330 e. The van der Waals surface area contributed by atoms with Gasteiger partial charge >= 0.3 is 0 Å². The van der Waals surface area contributed by atoms with E-state index in [4.69, 9.17) is 5.73 Å². The minimum absolute atomic E-state index is 0.700. The van der Waals surface area contributed by atoms with Crippen LogP contribution in [0.15, 0.2) is 0 Å². The van der Waals surface area contributed by atoms with Crippen LogP contribution in [0.25, 0.3) is 0 Å². The summed E-state index contributed by atoms with van der Waals surface area (Å²) in [4.78, 5) is 0. The molecule has 2 unspecified atom stereocenters. The van der Waals surface area contributed by atoms with E-state index in [1.807, 2.05) is 0 Å². The van der Waals surface area contributed by atoms with Gasteiger partial charge in [0.1, 0.15) is 0 Å². The zero-order valence-electron chi connectivity index (χ0n) is 10.4. The Bertz CT molecular complexity index is 112. The predicted octanol–water partition coefficient (Wildman–Crippen LogP) is 3.97. The summed E-state index contributed by atoms with van der Waals surface area (Å²) in [5, 5.41) is 0. The monoisotopic (exact) mass is 199 g/mol. The van der Waals surface area contributed by atoms with Crippen molar-refractivity contribution in [2.45, 2.75) is 65.7 Å². The van der Waals surface area contributed by atoms with E-state index in [-0.39, 0.29) is 0 Å². The summed E-state index contributed by atoms with van der Waals surface area (Å²) in [6.45, 7) is 7.72. The Labute approximate surface area is 90.5 Å². The van der Waals surface area contributed by atoms with Crippen LogP contribution in [0.2, 0.25) is 0 Å². The fraction of sp³-hybridized carbons (Fsp3) is 1.00. The lowest BCUT2D eigenvalue weighted by atomic mass is 9.90. The van der Waals surface area contributed by atoms with Gasteiger partial charge in [-0.1, -0.05) is 65.7 Å². The van der Waals surface area contributed by atoms with Crippen LogP contribution in [0.3, 0.4) is 0 Å². The van der Waals surface area contributed by atoms with Crippen molar-refractivity contribution in [3.8, 4) is 0 Å². The van der Waals surface area contributed by atoms with Gasteiger partial charge in [-0.15, -0.1) is 0 Å². The third-order valence-corrected chi connectivity index (χ3v) is 3.36. The average Bonchev–Trinajstić information content (AvgIpc) is 2.21. The smallest absolute Gasteiger partial charge is 0.00490 e. The molecule has 1 heteroatoms. The van der Waals surface area contributed by atoms with Gasteiger partial charge in [0.15, 0.2) is 0 Å². The van der Waals surface area contributed by atoms with Gasteiger partial charge in [0.25, 0.3) is 0 Å². The largest absolute Gasteiger partial charge is 0.330 e. The molecule has 0 aromatic rings. The Balaban J connectivity index is 3.18. The minimum atomic E-state index is 0.700. The van der Waals surface area contributed by atoms with Crippen LogP contribution in [0, 0.1) is 11.8 Å². The van der Waals surface area contributed by atoms with Gasteiger partial charge in [0.05, 0.1) is 0 Å². The molecule has 86 valence electrons. The Hall–Kier alpha value is -0.0400. The second-order valence-electron chi connectivity index (χ2n) is 4.75. The van der Waals surface area contributed by atoms with Gasteiger partial charge in [-0.2, -0.15) is 0 Å². The topological polar surface area (TPSA) is 26.0 Å². The highest BCUT2D eigenvalue weighted by Gasteiger charge is 2.09. The molecule has 0 rings (SSSR count). The highest BCUT2D eigenvalue weighted by Crippen LogP contribution is 2.18. The van der Waals surface area contributed by atoms with Crippen LogP contribution in [0.1, 0.15) is 65.7 Å². The zero-order chi connectivity index (χ0) is 10.8. The Morgan fingerprint density at radius 2 is 1.43 bits per heavy atom. The first-order chi connectivity index (χ1) is 6.72. The van der Waals surface area contributed by atoms with Gasteiger partial charge in [-0.3, -0.25) is 0 Å². The number of rotatable bonds is 9. The molecule has 0 aromatic heterocycles. The maximum absolute atomic E-state index is 5.64. The maximum Gasteiger partial charge on any atom is -0.00490 e. The van der Waals surface area contributed by atoms with Crippen molar-refractivity contribution in [2.75, 3.05) is 6.54 Å². The first kappa shape index (κ1) is 14.0. The molecule has 0 spiro atoms. The molecule has 0 radical (unpaired) electrons. The maximum atomic E-state index is 5.64. The summed E-state index contributed by atoms with van der Waals surface area (Å²) in [6, 6.07) is 0. The normalized spacial score (nSPS) is 15.4. The quantitative estimate of drug-likeness (QED) is 0.559. The zero-order valence-corrected chi connectivity index (χ0v) is 10.4. The van der Waals surface area contributed by atoms with Crippen molar-refractivity contribution in [3.63, 3.8) is 0 Å². The molecule has 0 aliphatic carbocycles. The highest BCUT2D eigenvalue weighted by atomic mass is 14.5. The van der Waals surface area contributed by atoms with Crippen molar-refractivity contribution in [1.82, 2.24) is 0 Å². The standard InChI is InChI=1S/C13H29N/c1-4-5-6-7-8-9-10-12(2)13(3)11-14/h12-13H,4-11,14H2,1-3H3. The Morgan fingerprint density at radius 3 is 2.00 bits per heavy atom. The predicted molar refractivity (Wildman–Crippen MR) is 65.4 cm³/mol. The van der Waals surface area contributed by atoms with Crippen LogP contribution < -0.4 is 5.73 Å². The SMILES string of the molecule is CCCCCCCCC(C)C(C)CN. The van der Waals surface area contributed by atoms with E-state index in [0.29, 0.717) is 5.92 Å². The fourth-order valence-electron chi connectivity index (χ4n) is 1.76. The van der Waals surface area contributed by atoms with Gasteiger partial charge in [0, 0.05) is 0 Å². The summed E-state index contributed by atoms with van der Waals surface area (Å²) in [6.07, 6.45) is 9.80. The molecule has 0 aromatic carbocycles. The third kappa shape index (κ3) is 7.37. The molecule has 14 heavy (non-hydrogen) atoms. The van der Waals surface area contributed by atoms with Crippen molar-refractivity contribution >= 4 is 0 Å². The lowest BCUT2D eigenvalue weighted by molar-refractivity contribution is 0.357. The van der Waals surface area contributed by atoms with Crippen LogP contribution in [-0.4, -0.2) is 6.54 Å².